The van der Waals surface area contributed by atoms with E-state index in [1.807, 2.05) is 13.8 Å². The predicted molar refractivity (Wildman–Crippen MR) is 79.5 cm³/mol. The Labute approximate surface area is 124 Å². The summed E-state index contributed by atoms with van der Waals surface area (Å²) in [5.74, 6) is -0.0660. The SMILES string of the molecule is CC[C@@H](C)NS(=O)(=O)c1cc(C(=O)N2CCCC2)cs1. The van der Waals surface area contributed by atoms with E-state index in [9.17, 15) is 13.2 Å². The highest BCUT2D eigenvalue weighted by Gasteiger charge is 2.24. The Kier molecular flexibility index (Phi) is 4.82. The van der Waals surface area contributed by atoms with Gasteiger partial charge in [0.2, 0.25) is 10.0 Å². The molecular formula is C13H20N2O3S2. The molecule has 0 aromatic carbocycles. The number of hydrogen-bond acceptors (Lipinski definition) is 4. The van der Waals surface area contributed by atoms with Gasteiger partial charge in [-0.3, -0.25) is 4.79 Å². The van der Waals surface area contributed by atoms with Crippen molar-refractivity contribution in [2.45, 2.75) is 43.4 Å². The molecule has 5 nitrogen and oxygen atoms in total. The van der Waals surface area contributed by atoms with Gasteiger partial charge in [0.25, 0.3) is 5.91 Å². The second-order valence-electron chi connectivity index (χ2n) is 5.08. The lowest BCUT2D eigenvalue weighted by atomic mass is 10.3. The maximum atomic E-state index is 12.2. The highest BCUT2D eigenvalue weighted by Crippen LogP contribution is 2.23. The van der Waals surface area contributed by atoms with Crippen LogP contribution in [-0.4, -0.2) is 38.4 Å². The van der Waals surface area contributed by atoms with Gasteiger partial charge in [0, 0.05) is 24.5 Å². The van der Waals surface area contributed by atoms with Gasteiger partial charge in [-0.15, -0.1) is 11.3 Å². The van der Waals surface area contributed by atoms with Crippen molar-refractivity contribution in [1.82, 2.24) is 9.62 Å². The number of nitrogens with zero attached hydrogens (tertiary/aromatic N) is 1. The molecule has 1 amide bonds. The normalized spacial score (nSPS) is 17.4. The number of hydrogen-bond donors (Lipinski definition) is 1. The van der Waals surface area contributed by atoms with Crippen molar-refractivity contribution in [3.63, 3.8) is 0 Å². The Balaban J connectivity index is 2.14. The minimum atomic E-state index is -3.51. The zero-order valence-corrected chi connectivity index (χ0v) is 13.4. The third kappa shape index (κ3) is 3.39. The summed E-state index contributed by atoms with van der Waals surface area (Å²) in [4.78, 5) is 14.0. The molecule has 112 valence electrons. The molecule has 1 atom stereocenters. The van der Waals surface area contributed by atoms with Gasteiger partial charge in [0.1, 0.15) is 4.21 Å². The van der Waals surface area contributed by atoms with Crippen LogP contribution in [0.1, 0.15) is 43.5 Å². The Morgan fingerprint density at radius 3 is 2.70 bits per heavy atom. The van der Waals surface area contributed by atoms with E-state index < -0.39 is 10.0 Å². The van der Waals surface area contributed by atoms with Gasteiger partial charge in [-0.05, 0) is 32.3 Å². The molecule has 2 rings (SSSR count). The van der Waals surface area contributed by atoms with Crippen molar-refractivity contribution < 1.29 is 13.2 Å². The first-order chi connectivity index (χ1) is 9.44. The zero-order valence-electron chi connectivity index (χ0n) is 11.8. The van der Waals surface area contributed by atoms with Crippen molar-refractivity contribution in [3.05, 3.63) is 17.0 Å². The predicted octanol–water partition coefficient (Wildman–Crippen LogP) is 2.06. The van der Waals surface area contributed by atoms with Crippen molar-refractivity contribution in [1.29, 1.82) is 0 Å². The van der Waals surface area contributed by atoms with Gasteiger partial charge < -0.3 is 4.90 Å². The maximum absolute atomic E-state index is 12.2. The van der Waals surface area contributed by atoms with E-state index in [1.165, 1.54) is 6.07 Å². The van der Waals surface area contributed by atoms with Crippen LogP contribution in [0.5, 0.6) is 0 Å². The van der Waals surface area contributed by atoms with Crippen LogP contribution in [0.3, 0.4) is 0 Å². The fourth-order valence-electron chi connectivity index (χ4n) is 2.08. The van der Waals surface area contributed by atoms with Crippen LogP contribution in [0.4, 0.5) is 0 Å². The summed E-state index contributed by atoms with van der Waals surface area (Å²) >= 11 is 1.10. The Bertz CT molecular complexity index is 574. The van der Waals surface area contributed by atoms with E-state index >= 15 is 0 Å². The van der Waals surface area contributed by atoms with Gasteiger partial charge in [0.05, 0.1) is 5.56 Å². The summed E-state index contributed by atoms with van der Waals surface area (Å²) in [5, 5.41) is 1.63. The molecule has 1 aromatic rings. The van der Waals surface area contributed by atoms with Gasteiger partial charge in [-0.2, -0.15) is 0 Å². The lowest BCUT2D eigenvalue weighted by Crippen LogP contribution is -2.31. The highest BCUT2D eigenvalue weighted by atomic mass is 32.2. The quantitative estimate of drug-likeness (QED) is 0.904. The molecule has 1 N–H and O–H groups in total. The smallest absolute Gasteiger partial charge is 0.254 e. The summed E-state index contributed by atoms with van der Waals surface area (Å²) in [6.07, 6.45) is 2.78. The van der Waals surface area contributed by atoms with Crippen LogP contribution in [-0.2, 0) is 10.0 Å². The molecular weight excluding hydrogens is 296 g/mol. The molecule has 1 aliphatic rings. The van der Waals surface area contributed by atoms with E-state index in [-0.39, 0.29) is 16.2 Å². The highest BCUT2D eigenvalue weighted by molar-refractivity contribution is 7.91. The van der Waals surface area contributed by atoms with Crippen LogP contribution in [0, 0.1) is 0 Å². The summed E-state index contributed by atoms with van der Waals surface area (Å²) < 4.78 is 27.1. The molecule has 2 heterocycles. The van der Waals surface area contributed by atoms with Crippen LogP contribution >= 0.6 is 11.3 Å². The fourth-order valence-corrected chi connectivity index (χ4v) is 4.58. The lowest BCUT2D eigenvalue weighted by Gasteiger charge is -2.13. The second-order valence-corrected chi connectivity index (χ2v) is 7.94. The van der Waals surface area contributed by atoms with Gasteiger partial charge in [0.15, 0.2) is 0 Å². The second kappa shape index (κ2) is 6.24. The molecule has 0 aliphatic carbocycles. The lowest BCUT2D eigenvalue weighted by molar-refractivity contribution is 0.0793. The minimum absolute atomic E-state index is 0.0660. The molecule has 0 bridgehead atoms. The van der Waals surface area contributed by atoms with E-state index in [2.05, 4.69) is 4.72 Å². The number of amides is 1. The summed E-state index contributed by atoms with van der Waals surface area (Å²) in [5.41, 5.74) is 0.474. The average Bonchev–Trinajstić information content (AvgIpc) is 3.08. The molecule has 0 spiro atoms. The number of thiophene rings is 1. The monoisotopic (exact) mass is 316 g/mol. The number of carbonyl (C=O) groups is 1. The molecule has 7 heteroatoms. The van der Waals surface area contributed by atoms with Gasteiger partial charge in [-0.1, -0.05) is 6.92 Å². The molecule has 1 saturated heterocycles. The van der Waals surface area contributed by atoms with Crippen LogP contribution in [0.25, 0.3) is 0 Å². The van der Waals surface area contributed by atoms with E-state index in [4.69, 9.17) is 0 Å². The zero-order chi connectivity index (χ0) is 14.8. The molecule has 20 heavy (non-hydrogen) atoms. The Hall–Kier alpha value is -0.920. The van der Waals surface area contributed by atoms with Crippen molar-refractivity contribution >= 4 is 27.3 Å². The summed E-state index contributed by atoms with van der Waals surface area (Å²) in [6, 6.07) is 1.37. The Morgan fingerprint density at radius 2 is 2.10 bits per heavy atom. The van der Waals surface area contributed by atoms with Crippen molar-refractivity contribution in [3.8, 4) is 0 Å². The third-order valence-electron chi connectivity index (χ3n) is 3.45. The minimum Gasteiger partial charge on any atom is -0.339 e. The van der Waals surface area contributed by atoms with E-state index in [1.54, 1.807) is 10.3 Å². The van der Waals surface area contributed by atoms with Crippen LogP contribution in [0.2, 0.25) is 0 Å². The van der Waals surface area contributed by atoms with Gasteiger partial charge >= 0.3 is 0 Å². The third-order valence-corrected chi connectivity index (χ3v) is 6.48. The standard InChI is InChI=1S/C13H20N2O3S2/c1-3-10(2)14-20(17,18)12-8-11(9-19-12)13(16)15-6-4-5-7-15/h8-10,14H,3-7H2,1-2H3/t10-/m1/s1. The number of nitrogens with one attached hydrogen (secondary N) is 1. The summed E-state index contributed by atoms with van der Waals surface area (Å²) in [6.45, 7) is 5.27. The van der Waals surface area contributed by atoms with E-state index in [0.29, 0.717) is 5.56 Å². The number of likely N-dealkylation sites (tertiary alicyclic amines) is 1. The fraction of sp³-hybridized carbons (Fsp3) is 0.615. The first-order valence-corrected chi connectivity index (χ1v) is 9.20. The molecule has 0 unspecified atom stereocenters. The topological polar surface area (TPSA) is 66.5 Å². The molecule has 1 aromatic heterocycles. The van der Waals surface area contributed by atoms with Crippen LogP contribution in [0.15, 0.2) is 15.7 Å². The van der Waals surface area contributed by atoms with E-state index in [0.717, 1.165) is 43.7 Å². The molecule has 1 aliphatic heterocycles. The largest absolute Gasteiger partial charge is 0.339 e. The Morgan fingerprint density at radius 1 is 1.45 bits per heavy atom. The maximum Gasteiger partial charge on any atom is 0.254 e. The first-order valence-electron chi connectivity index (χ1n) is 6.84. The molecule has 0 radical (unpaired) electrons. The molecule has 1 fully saturated rings. The van der Waals surface area contributed by atoms with Crippen LogP contribution < -0.4 is 4.72 Å². The summed E-state index contributed by atoms with van der Waals surface area (Å²) in [7, 11) is -3.51. The number of carbonyl (C=O) groups excluding carboxylic acids is 1. The number of sulfonamides is 1. The van der Waals surface area contributed by atoms with Gasteiger partial charge in [-0.25, -0.2) is 13.1 Å². The molecule has 0 saturated carbocycles. The van der Waals surface area contributed by atoms with Crippen molar-refractivity contribution in [2.24, 2.45) is 0 Å². The number of rotatable bonds is 5. The van der Waals surface area contributed by atoms with Crippen molar-refractivity contribution in [2.75, 3.05) is 13.1 Å². The first kappa shape index (κ1) is 15.5. The average molecular weight is 316 g/mol.